The van der Waals surface area contributed by atoms with Crippen LogP contribution in [0.25, 0.3) is 0 Å². The number of likely N-dealkylation sites (N-methyl/N-ethyl adjacent to an activating group) is 1. The first kappa shape index (κ1) is 18.3. The summed E-state index contributed by atoms with van der Waals surface area (Å²) >= 11 is 0. The minimum atomic E-state index is -0.0360. The number of carbonyl (C=O) groups is 1. The highest BCUT2D eigenvalue weighted by Gasteiger charge is 2.25. The van der Waals surface area contributed by atoms with Gasteiger partial charge in [0, 0.05) is 39.3 Å². The molecule has 1 aromatic heterocycles. The largest absolute Gasteiger partial charge is 0.459 e. The lowest BCUT2D eigenvalue weighted by Gasteiger charge is -2.36. The van der Waals surface area contributed by atoms with Crippen LogP contribution in [0.5, 0.6) is 0 Å². The van der Waals surface area contributed by atoms with Gasteiger partial charge in [0.2, 0.25) is 0 Å². The third kappa shape index (κ3) is 4.99. The molecular formula is C17H29N5O2. The lowest BCUT2D eigenvalue weighted by Crippen LogP contribution is -2.53. The number of furan rings is 1. The molecule has 0 bridgehead atoms. The summed E-state index contributed by atoms with van der Waals surface area (Å²) < 4.78 is 5.20. The fourth-order valence-electron chi connectivity index (χ4n) is 2.59. The quantitative estimate of drug-likeness (QED) is 0.619. The molecule has 24 heavy (non-hydrogen) atoms. The Morgan fingerprint density at radius 2 is 2.00 bits per heavy atom. The van der Waals surface area contributed by atoms with Crippen molar-refractivity contribution in [2.45, 2.75) is 13.8 Å². The lowest BCUT2D eigenvalue weighted by atomic mass is 10.3. The molecule has 1 saturated heterocycles. The number of aliphatic imine (C=N–C) groups is 1. The summed E-state index contributed by atoms with van der Waals surface area (Å²) in [6.07, 6.45) is 1.53. The maximum Gasteiger partial charge on any atom is 0.289 e. The SMILES string of the molecule is CCNC(=NCCN(C)CC)N1CCN(C(=O)c2ccco2)CC1. The Balaban J connectivity index is 1.87. The number of hydrogen-bond donors (Lipinski definition) is 1. The van der Waals surface area contributed by atoms with Gasteiger partial charge in [0.25, 0.3) is 5.91 Å². The zero-order valence-corrected chi connectivity index (χ0v) is 15.0. The first-order valence-electron chi connectivity index (χ1n) is 8.70. The van der Waals surface area contributed by atoms with Gasteiger partial charge >= 0.3 is 0 Å². The van der Waals surface area contributed by atoms with Gasteiger partial charge in [-0.3, -0.25) is 9.79 Å². The Bertz CT molecular complexity index is 521. The summed E-state index contributed by atoms with van der Waals surface area (Å²) in [7, 11) is 2.10. The number of nitrogens with zero attached hydrogens (tertiary/aromatic N) is 4. The minimum absolute atomic E-state index is 0.0360. The molecule has 1 fully saturated rings. The third-order valence-corrected chi connectivity index (χ3v) is 4.22. The smallest absolute Gasteiger partial charge is 0.289 e. The van der Waals surface area contributed by atoms with Crippen LogP contribution in [0.3, 0.4) is 0 Å². The van der Waals surface area contributed by atoms with Crippen LogP contribution in [0.2, 0.25) is 0 Å². The Labute approximate surface area is 144 Å². The molecule has 0 atom stereocenters. The Kier molecular flexibility index (Phi) is 7.11. The lowest BCUT2D eigenvalue weighted by molar-refractivity contribution is 0.0657. The second kappa shape index (κ2) is 9.32. The summed E-state index contributed by atoms with van der Waals surface area (Å²) in [6, 6.07) is 3.46. The van der Waals surface area contributed by atoms with Crippen molar-refractivity contribution in [1.82, 2.24) is 20.0 Å². The number of amides is 1. The van der Waals surface area contributed by atoms with E-state index in [1.807, 2.05) is 4.90 Å². The number of nitrogens with one attached hydrogen (secondary N) is 1. The molecule has 0 radical (unpaired) electrons. The van der Waals surface area contributed by atoms with E-state index in [2.05, 4.69) is 36.0 Å². The minimum Gasteiger partial charge on any atom is -0.459 e. The maximum absolute atomic E-state index is 12.3. The summed E-state index contributed by atoms with van der Waals surface area (Å²) in [5, 5.41) is 3.35. The molecule has 7 heteroatoms. The van der Waals surface area contributed by atoms with E-state index < -0.39 is 0 Å². The van der Waals surface area contributed by atoms with Gasteiger partial charge in [0.05, 0.1) is 12.8 Å². The van der Waals surface area contributed by atoms with Crippen LogP contribution in [0, 0.1) is 0 Å². The summed E-state index contributed by atoms with van der Waals surface area (Å²) in [5.41, 5.74) is 0. The van der Waals surface area contributed by atoms with Gasteiger partial charge in [-0.1, -0.05) is 6.92 Å². The highest BCUT2D eigenvalue weighted by atomic mass is 16.3. The highest BCUT2D eigenvalue weighted by Crippen LogP contribution is 2.09. The number of guanidine groups is 1. The van der Waals surface area contributed by atoms with Crippen molar-refractivity contribution < 1.29 is 9.21 Å². The molecule has 134 valence electrons. The number of carbonyl (C=O) groups excluding carboxylic acids is 1. The van der Waals surface area contributed by atoms with Crippen molar-refractivity contribution in [2.24, 2.45) is 4.99 Å². The predicted molar refractivity (Wildman–Crippen MR) is 95.3 cm³/mol. The van der Waals surface area contributed by atoms with Crippen LogP contribution in [0.15, 0.2) is 27.8 Å². The third-order valence-electron chi connectivity index (χ3n) is 4.22. The van der Waals surface area contributed by atoms with Crippen LogP contribution < -0.4 is 5.32 Å². The maximum atomic E-state index is 12.3. The summed E-state index contributed by atoms with van der Waals surface area (Å²) in [6.45, 7) is 10.7. The van der Waals surface area contributed by atoms with E-state index in [0.717, 1.165) is 45.2 Å². The average molecular weight is 335 g/mol. The van der Waals surface area contributed by atoms with E-state index in [9.17, 15) is 4.79 Å². The highest BCUT2D eigenvalue weighted by molar-refractivity contribution is 5.91. The van der Waals surface area contributed by atoms with Crippen molar-refractivity contribution in [3.8, 4) is 0 Å². The molecular weight excluding hydrogens is 306 g/mol. The number of rotatable bonds is 6. The van der Waals surface area contributed by atoms with Crippen molar-refractivity contribution in [3.63, 3.8) is 0 Å². The van der Waals surface area contributed by atoms with Gasteiger partial charge in [-0.15, -0.1) is 0 Å². The molecule has 7 nitrogen and oxygen atoms in total. The Morgan fingerprint density at radius 1 is 1.29 bits per heavy atom. The molecule has 1 aliphatic rings. The Morgan fingerprint density at radius 3 is 2.58 bits per heavy atom. The standard InChI is InChI=1S/C17H29N5O2/c1-4-18-17(19-8-9-20(3)5-2)22-12-10-21(11-13-22)16(23)15-7-6-14-24-15/h6-7,14H,4-5,8-13H2,1-3H3,(H,18,19). The van der Waals surface area contributed by atoms with E-state index in [4.69, 9.17) is 9.41 Å². The van der Waals surface area contributed by atoms with Crippen LogP contribution in [-0.4, -0.2) is 86.0 Å². The molecule has 2 heterocycles. The molecule has 1 amide bonds. The van der Waals surface area contributed by atoms with Crippen molar-refractivity contribution in [2.75, 3.05) is 59.4 Å². The van der Waals surface area contributed by atoms with Gasteiger partial charge in [-0.2, -0.15) is 0 Å². The molecule has 0 spiro atoms. The molecule has 0 aromatic carbocycles. The second-order valence-corrected chi connectivity index (χ2v) is 5.89. The molecule has 2 rings (SSSR count). The van der Waals surface area contributed by atoms with Gasteiger partial charge in [-0.05, 0) is 32.6 Å². The van der Waals surface area contributed by atoms with Gasteiger partial charge in [-0.25, -0.2) is 0 Å². The molecule has 1 aromatic rings. The van der Waals surface area contributed by atoms with Gasteiger partial charge in [0.15, 0.2) is 11.7 Å². The van der Waals surface area contributed by atoms with Crippen LogP contribution in [-0.2, 0) is 0 Å². The fraction of sp³-hybridized carbons (Fsp3) is 0.647. The topological polar surface area (TPSA) is 64.3 Å². The summed E-state index contributed by atoms with van der Waals surface area (Å²) in [5.74, 6) is 1.31. The van der Waals surface area contributed by atoms with Crippen LogP contribution in [0.1, 0.15) is 24.4 Å². The predicted octanol–water partition coefficient (Wildman–Crippen LogP) is 0.955. The van der Waals surface area contributed by atoms with E-state index in [0.29, 0.717) is 18.8 Å². The van der Waals surface area contributed by atoms with E-state index >= 15 is 0 Å². The zero-order valence-electron chi connectivity index (χ0n) is 15.0. The van der Waals surface area contributed by atoms with Crippen LogP contribution >= 0.6 is 0 Å². The van der Waals surface area contributed by atoms with Crippen molar-refractivity contribution in [3.05, 3.63) is 24.2 Å². The van der Waals surface area contributed by atoms with Gasteiger partial charge < -0.3 is 24.4 Å². The van der Waals surface area contributed by atoms with Crippen LogP contribution in [0.4, 0.5) is 0 Å². The molecule has 0 aliphatic carbocycles. The second-order valence-electron chi connectivity index (χ2n) is 5.89. The molecule has 0 unspecified atom stereocenters. The van der Waals surface area contributed by atoms with Crippen molar-refractivity contribution in [1.29, 1.82) is 0 Å². The Hall–Kier alpha value is -2.02. The van der Waals surface area contributed by atoms with E-state index in [1.54, 1.807) is 12.1 Å². The summed E-state index contributed by atoms with van der Waals surface area (Å²) in [4.78, 5) is 23.3. The average Bonchev–Trinajstić information content (AvgIpc) is 3.15. The number of piperazine rings is 1. The zero-order chi connectivity index (χ0) is 17.4. The van der Waals surface area contributed by atoms with E-state index in [-0.39, 0.29) is 5.91 Å². The monoisotopic (exact) mass is 335 g/mol. The first-order valence-corrected chi connectivity index (χ1v) is 8.70. The first-order chi connectivity index (χ1) is 11.7. The molecule has 1 N–H and O–H groups in total. The van der Waals surface area contributed by atoms with Gasteiger partial charge in [0.1, 0.15) is 0 Å². The van der Waals surface area contributed by atoms with Crippen molar-refractivity contribution >= 4 is 11.9 Å². The van der Waals surface area contributed by atoms with E-state index in [1.165, 1.54) is 6.26 Å². The molecule has 0 saturated carbocycles. The number of hydrogen-bond acceptors (Lipinski definition) is 4. The normalized spacial score (nSPS) is 15.9. The fourth-order valence-corrected chi connectivity index (χ4v) is 2.59. The molecule has 1 aliphatic heterocycles.